The zero-order chi connectivity index (χ0) is 23.6. The molecule has 1 aliphatic heterocycles. The maximum atomic E-state index is 10.1. The molecule has 4 rings (SSSR count). The van der Waals surface area contributed by atoms with Gasteiger partial charge < -0.3 is 28.8 Å². The molecule has 0 bridgehead atoms. The molecule has 6 heteroatoms. The molecule has 0 radical (unpaired) electrons. The molecule has 0 saturated carbocycles. The Balaban J connectivity index is 1.56. The number of benzene rings is 3. The SMILES string of the molecule is CO[C@H]1O[C@@H](CO)[C@@H](OCc2ccccc2)[C@H](OCc2ccccc2)[C@H]1OCc1ccccc1. The van der Waals surface area contributed by atoms with E-state index in [0.717, 1.165) is 16.7 Å². The summed E-state index contributed by atoms with van der Waals surface area (Å²) in [4.78, 5) is 0. The Bertz CT molecular complexity index is 895. The third-order valence-corrected chi connectivity index (χ3v) is 5.86. The fourth-order valence-electron chi connectivity index (χ4n) is 4.08. The smallest absolute Gasteiger partial charge is 0.186 e. The van der Waals surface area contributed by atoms with Crippen molar-refractivity contribution >= 4 is 0 Å². The van der Waals surface area contributed by atoms with Crippen molar-refractivity contribution in [1.82, 2.24) is 0 Å². The lowest BCUT2D eigenvalue weighted by Crippen LogP contribution is -2.61. The lowest BCUT2D eigenvalue weighted by molar-refractivity contribution is -0.321. The second-order valence-electron chi connectivity index (χ2n) is 8.24. The van der Waals surface area contributed by atoms with E-state index in [1.54, 1.807) is 7.11 Å². The Hall–Kier alpha value is -2.58. The van der Waals surface area contributed by atoms with E-state index < -0.39 is 30.7 Å². The first-order valence-corrected chi connectivity index (χ1v) is 11.5. The molecule has 0 spiro atoms. The summed E-state index contributed by atoms with van der Waals surface area (Å²) in [6, 6.07) is 29.8. The van der Waals surface area contributed by atoms with Crippen molar-refractivity contribution in [3.05, 3.63) is 108 Å². The van der Waals surface area contributed by atoms with Crippen LogP contribution >= 0.6 is 0 Å². The van der Waals surface area contributed by atoms with Crippen LogP contribution in [0.2, 0.25) is 0 Å². The second kappa shape index (κ2) is 12.8. The Morgan fingerprint density at radius 3 is 1.44 bits per heavy atom. The molecule has 0 unspecified atom stereocenters. The highest BCUT2D eigenvalue weighted by molar-refractivity contribution is 5.15. The lowest BCUT2D eigenvalue weighted by Gasteiger charge is -2.45. The van der Waals surface area contributed by atoms with Gasteiger partial charge in [0.25, 0.3) is 0 Å². The third kappa shape index (κ3) is 6.51. The van der Waals surface area contributed by atoms with Crippen molar-refractivity contribution in [3.63, 3.8) is 0 Å². The molecule has 0 aliphatic carbocycles. The summed E-state index contributed by atoms with van der Waals surface area (Å²) in [7, 11) is 1.57. The molecule has 34 heavy (non-hydrogen) atoms. The monoisotopic (exact) mass is 464 g/mol. The second-order valence-corrected chi connectivity index (χ2v) is 8.24. The van der Waals surface area contributed by atoms with E-state index in [-0.39, 0.29) is 6.61 Å². The fourth-order valence-corrected chi connectivity index (χ4v) is 4.08. The summed E-state index contributed by atoms with van der Waals surface area (Å²) in [6.45, 7) is 0.876. The van der Waals surface area contributed by atoms with Crippen LogP contribution in [0.3, 0.4) is 0 Å². The van der Waals surface area contributed by atoms with E-state index in [2.05, 4.69) is 0 Å². The van der Waals surface area contributed by atoms with Crippen LogP contribution in [-0.4, -0.2) is 49.5 Å². The number of aliphatic hydroxyl groups excluding tert-OH is 1. The van der Waals surface area contributed by atoms with Crippen molar-refractivity contribution in [2.24, 2.45) is 0 Å². The first-order chi connectivity index (χ1) is 16.8. The van der Waals surface area contributed by atoms with Gasteiger partial charge in [-0.15, -0.1) is 0 Å². The predicted molar refractivity (Wildman–Crippen MR) is 128 cm³/mol. The van der Waals surface area contributed by atoms with Gasteiger partial charge in [0.15, 0.2) is 6.29 Å². The van der Waals surface area contributed by atoms with E-state index in [4.69, 9.17) is 23.7 Å². The molecular weight excluding hydrogens is 432 g/mol. The van der Waals surface area contributed by atoms with Crippen LogP contribution in [0.15, 0.2) is 91.0 Å². The topological polar surface area (TPSA) is 66.4 Å². The predicted octanol–water partition coefficient (Wildman–Crippen LogP) is 4.11. The van der Waals surface area contributed by atoms with Gasteiger partial charge in [-0.3, -0.25) is 0 Å². The number of hydrogen-bond acceptors (Lipinski definition) is 6. The van der Waals surface area contributed by atoms with Crippen LogP contribution in [0.5, 0.6) is 0 Å². The lowest BCUT2D eigenvalue weighted by atomic mass is 9.98. The average molecular weight is 465 g/mol. The summed E-state index contributed by atoms with van der Waals surface area (Å²) < 4.78 is 30.7. The zero-order valence-corrected chi connectivity index (χ0v) is 19.4. The highest BCUT2D eigenvalue weighted by Crippen LogP contribution is 2.30. The maximum absolute atomic E-state index is 10.1. The minimum Gasteiger partial charge on any atom is -0.394 e. The molecule has 0 amide bonds. The summed E-state index contributed by atoms with van der Waals surface area (Å²) in [5.74, 6) is 0. The molecule has 1 heterocycles. The summed E-state index contributed by atoms with van der Waals surface area (Å²) >= 11 is 0. The van der Waals surface area contributed by atoms with Crippen LogP contribution < -0.4 is 0 Å². The van der Waals surface area contributed by atoms with Gasteiger partial charge in [-0.25, -0.2) is 0 Å². The van der Waals surface area contributed by atoms with Gasteiger partial charge in [0, 0.05) is 7.11 Å². The molecule has 0 aromatic heterocycles. The van der Waals surface area contributed by atoms with Crippen molar-refractivity contribution < 1.29 is 28.8 Å². The van der Waals surface area contributed by atoms with Crippen LogP contribution in [0.25, 0.3) is 0 Å². The summed E-state index contributed by atoms with van der Waals surface area (Å²) in [6.07, 6.45) is -2.97. The van der Waals surface area contributed by atoms with Gasteiger partial charge in [0.1, 0.15) is 24.4 Å². The summed E-state index contributed by atoms with van der Waals surface area (Å²) in [5, 5.41) is 10.1. The molecular formula is C28H32O6. The molecule has 3 aromatic carbocycles. The Kier molecular flexibility index (Phi) is 9.21. The number of methoxy groups -OCH3 is 1. The highest BCUT2D eigenvalue weighted by atomic mass is 16.7. The Labute approximate surface area is 201 Å². The molecule has 1 saturated heterocycles. The largest absolute Gasteiger partial charge is 0.394 e. The molecule has 1 fully saturated rings. The minimum atomic E-state index is -0.710. The zero-order valence-electron chi connectivity index (χ0n) is 19.4. The average Bonchev–Trinajstić information content (AvgIpc) is 2.91. The Morgan fingerprint density at radius 2 is 1.03 bits per heavy atom. The van der Waals surface area contributed by atoms with Crippen molar-refractivity contribution in [2.45, 2.75) is 50.5 Å². The normalized spacial score (nSPS) is 24.7. The van der Waals surface area contributed by atoms with Gasteiger partial charge in [-0.2, -0.15) is 0 Å². The van der Waals surface area contributed by atoms with Crippen LogP contribution in [-0.2, 0) is 43.5 Å². The maximum Gasteiger partial charge on any atom is 0.186 e. The molecule has 1 N–H and O–H groups in total. The number of rotatable bonds is 11. The molecule has 1 aliphatic rings. The van der Waals surface area contributed by atoms with Crippen molar-refractivity contribution in [3.8, 4) is 0 Å². The van der Waals surface area contributed by atoms with Gasteiger partial charge in [-0.05, 0) is 16.7 Å². The number of hydrogen-bond donors (Lipinski definition) is 1. The Morgan fingerprint density at radius 1 is 0.618 bits per heavy atom. The van der Waals surface area contributed by atoms with Gasteiger partial charge in [-0.1, -0.05) is 91.0 Å². The standard InChI is InChI=1S/C28H32O6/c1-30-28-27(33-20-23-15-9-4-10-16-23)26(32-19-22-13-7-3-8-14-22)25(24(17-29)34-28)31-18-21-11-5-2-6-12-21/h2-16,24-29H,17-20H2,1H3/t24-,25+,26-,27+,28-/m0/s1. The fraction of sp³-hybridized carbons (Fsp3) is 0.357. The van der Waals surface area contributed by atoms with E-state index in [0.29, 0.717) is 19.8 Å². The van der Waals surface area contributed by atoms with Crippen molar-refractivity contribution in [2.75, 3.05) is 13.7 Å². The van der Waals surface area contributed by atoms with Crippen LogP contribution in [0.1, 0.15) is 16.7 Å². The highest BCUT2D eigenvalue weighted by Gasteiger charge is 2.48. The van der Waals surface area contributed by atoms with E-state index in [1.165, 1.54) is 0 Å². The molecule has 6 nitrogen and oxygen atoms in total. The van der Waals surface area contributed by atoms with E-state index >= 15 is 0 Å². The van der Waals surface area contributed by atoms with Gasteiger partial charge in [0.2, 0.25) is 0 Å². The first kappa shape index (κ1) is 24.5. The van der Waals surface area contributed by atoms with Gasteiger partial charge in [0.05, 0.1) is 26.4 Å². The molecule has 180 valence electrons. The van der Waals surface area contributed by atoms with E-state index in [9.17, 15) is 5.11 Å². The number of aliphatic hydroxyl groups is 1. The quantitative estimate of drug-likeness (QED) is 0.461. The van der Waals surface area contributed by atoms with Crippen molar-refractivity contribution in [1.29, 1.82) is 0 Å². The van der Waals surface area contributed by atoms with Gasteiger partial charge >= 0.3 is 0 Å². The first-order valence-electron chi connectivity index (χ1n) is 11.5. The van der Waals surface area contributed by atoms with E-state index in [1.807, 2.05) is 91.0 Å². The van der Waals surface area contributed by atoms with Crippen LogP contribution in [0.4, 0.5) is 0 Å². The number of ether oxygens (including phenoxy) is 5. The molecule has 3 aromatic rings. The van der Waals surface area contributed by atoms with Crippen LogP contribution in [0, 0.1) is 0 Å². The summed E-state index contributed by atoms with van der Waals surface area (Å²) in [5.41, 5.74) is 3.09. The minimum absolute atomic E-state index is 0.226. The third-order valence-electron chi connectivity index (χ3n) is 5.86. The molecule has 5 atom stereocenters.